The predicted octanol–water partition coefficient (Wildman–Crippen LogP) is 5.01. The van der Waals surface area contributed by atoms with E-state index in [-0.39, 0.29) is 6.10 Å². The molecule has 0 radical (unpaired) electrons. The molecule has 2 atom stereocenters. The minimum Gasteiger partial charge on any atom is -0.485 e. The van der Waals surface area contributed by atoms with Crippen molar-refractivity contribution in [1.29, 1.82) is 0 Å². The second kappa shape index (κ2) is 6.63. The number of fused-ring (bicyclic) bond motifs is 1. The maximum Gasteiger partial charge on any atom is 0.126 e. The molecule has 1 N–H and O–H groups in total. The second-order valence-corrected chi connectivity index (χ2v) is 6.36. The molecule has 0 amide bonds. The third-order valence-corrected chi connectivity index (χ3v) is 4.37. The van der Waals surface area contributed by atoms with Gasteiger partial charge in [-0.25, -0.2) is 0 Å². The topological polar surface area (TPSA) is 21.3 Å². The fourth-order valence-electron chi connectivity index (χ4n) is 2.83. The summed E-state index contributed by atoms with van der Waals surface area (Å²) >= 11 is 3.56. The molecule has 0 aromatic heterocycles. The van der Waals surface area contributed by atoms with Crippen LogP contribution in [0.4, 0.5) is 0 Å². The van der Waals surface area contributed by atoms with Gasteiger partial charge in [0.2, 0.25) is 0 Å². The molecule has 1 heterocycles. The summed E-state index contributed by atoms with van der Waals surface area (Å²) in [5, 5.41) is 3.65. The van der Waals surface area contributed by atoms with E-state index in [1.165, 1.54) is 11.1 Å². The van der Waals surface area contributed by atoms with Crippen LogP contribution < -0.4 is 10.1 Å². The highest BCUT2D eigenvalue weighted by Gasteiger charge is 2.28. The molecule has 0 saturated carbocycles. The minimum absolute atomic E-state index is 0.120. The third kappa shape index (κ3) is 3.30. The molecule has 3 rings (SSSR count). The van der Waals surface area contributed by atoms with Crippen LogP contribution in [-0.4, -0.2) is 6.54 Å². The zero-order valence-corrected chi connectivity index (χ0v) is 13.8. The first-order chi connectivity index (χ1) is 10.3. The molecule has 2 aromatic carbocycles. The van der Waals surface area contributed by atoms with E-state index >= 15 is 0 Å². The van der Waals surface area contributed by atoms with E-state index in [0.29, 0.717) is 6.04 Å². The van der Waals surface area contributed by atoms with Crippen molar-refractivity contribution >= 4 is 15.9 Å². The second-order valence-electron chi connectivity index (χ2n) is 5.44. The molecule has 0 aliphatic carbocycles. The number of hydrogen-bond acceptors (Lipinski definition) is 2. The van der Waals surface area contributed by atoms with Crippen LogP contribution in [0, 0.1) is 0 Å². The number of hydrogen-bond donors (Lipinski definition) is 1. The van der Waals surface area contributed by atoms with E-state index in [9.17, 15) is 0 Å². The molecule has 0 saturated heterocycles. The summed E-state index contributed by atoms with van der Waals surface area (Å²) < 4.78 is 7.33. The average Bonchev–Trinajstić information content (AvgIpc) is 2.53. The van der Waals surface area contributed by atoms with Gasteiger partial charge in [0.15, 0.2) is 0 Å². The highest BCUT2D eigenvalue weighted by atomic mass is 79.9. The van der Waals surface area contributed by atoms with E-state index in [1.54, 1.807) is 0 Å². The number of rotatable bonds is 4. The van der Waals surface area contributed by atoms with Gasteiger partial charge in [-0.1, -0.05) is 53.2 Å². The van der Waals surface area contributed by atoms with Gasteiger partial charge in [-0.05, 0) is 36.7 Å². The van der Waals surface area contributed by atoms with Crippen molar-refractivity contribution in [1.82, 2.24) is 5.32 Å². The Balaban J connectivity index is 1.91. The highest BCUT2D eigenvalue weighted by molar-refractivity contribution is 9.10. The molecule has 2 nitrogen and oxygen atoms in total. The van der Waals surface area contributed by atoms with Crippen molar-refractivity contribution in [3.8, 4) is 5.75 Å². The van der Waals surface area contributed by atoms with Crippen LogP contribution in [-0.2, 0) is 0 Å². The lowest BCUT2D eigenvalue weighted by atomic mass is 9.93. The Kier molecular flexibility index (Phi) is 4.61. The van der Waals surface area contributed by atoms with Crippen molar-refractivity contribution in [2.45, 2.75) is 31.9 Å². The summed E-state index contributed by atoms with van der Waals surface area (Å²) in [6.45, 7) is 3.22. The normalized spacial score (nSPS) is 20.7. The van der Waals surface area contributed by atoms with E-state index in [1.807, 2.05) is 12.1 Å². The summed E-state index contributed by atoms with van der Waals surface area (Å²) in [6, 6.07) is 17.1. The van der Waals surface area contributed by atoms with Gasteiger partial charge in [0.1, 0.15) is 11.9 Å². The Morgan fingerprint density at radius 1 is 1.19 bits per heavy atom. The Morgan fingerprint density at radius 3 is 2.76 bits per heavy atom. The molecular weight excluding hydrogens is 326 g/mol. The zero-order chi connectivity index (χ0) is 14.7. The minimum atomic E-state index is 0.120. The van der Waals surface area contributed by atoms with E-state index in [4.69, 9.17) is 4.74 Å². The molecule has 3 heteroatoms. The van der Waals surface area contributed by atoms with Crippen LogP contribution in [0.1, 0.15) is 43.0 Å². The first-order valence-corrected chi connectivity index (χ1v) is 8.31. The number of benzene rings is 2. The molecule has 1 aliphatic rings. The lowest BCUT2D eigenvalue weighted by Gasteiger charge is -2.33. The largest absolute Gasteiger partial charge is 0.485 e. The van der Waals surface area contributed by atoms with Crippen molar-refractivity contribution in [3.63, 3.8) is 0 Å². The molecule has 0 spiro atoms. The van der Waals surface area contributed by atoms with E-state index in [0.717, 1.165) is 29.6 Å². The van der Waals surface area contributed by atoms with Gasteiger partial charge in [-0.15, -0.1) is 0 Å². The van der Waals surface area contributed by atoms with Gasteiger partial charge in [-0.2, -0.15) is 0 Å². The van der Waals surface area contributed by atoms with Gasteiger partial charge in [0.05, 0.1) is 0 Å². The van der Waals surface area contributed by atoms with E-state index < -0.39 is 0 Å². The third-order valence-electron chi connectivity index (χ3n) is 3.88. The van der Waals surface area contributed by atoms with Gasteiger partial charge in [0, 0.05) is 22.5 Å². The molecule has 21 heavy (non-hydrogen) atoms. The summed E-state index contributed by atoms with van der Waals surface area (Å²) in [7, 11) is 0. The molecule has 0 fully saturated rings. The van der Waals surface area contributed by atoms with Crippen LogP contribution in [0.2, 0.25) is 0 Å². The zero-order valence-electron chi connectivity index (χ0n) is 12.2. The van der Waals surface area contributed by atoms with Crippen molar-refractivity contribution < 1.29 is 4.74 Å². The standard InChI is InChI=1S/C18H20BrNO/c1-2-10-20-16-12-18(13-6-4-3-5-7-13)21-17-9-8-14(19)11-15(16)17/h3-9,11,16,18,20H,2,10,12H2,1H3. The fraction of sp³-hybridized carbons (Fsp3) is 0.333. The Labute approximate surface area is 134 Å². The maximum absolute atomic E-state index is 6.22. The van der Waals surface area contributed by atoms with Gasteiger partial charge in [-0.3, -0.25) is 0 Å². The van der Waals surface area contributed by atoms with Crippen LogP contribution in [0.25, 0.3) is 0 Å². The van der Waals surface area contributed by atoms with Gasteiger partial charge >= 0.3 is 0 Å². The molecular formula is C18H20BrNO. The Bertz CT molecular complexity index is 599. The number of ether oxygens (including phenoxy) is 1. The first-order valence-electron chi connectivity index (χ1n) is 7.52. The van der Waals surface area contributed by atoms with Gasteiger partial charge < -0.3 is 10.1 Å². The Morgan fingerprint density at radius 2 is 2.00 bits per heavy atom. The molecule has 0 bridgehead atoms. The predicted molar refractivity (Wildman–Crippen MR) is 89.6 cm³/mol. The fourth-order valence-corrected chi connectivity index (χ4v) is 3.20. The van der Waals surface area contributed by atoms with Crippen molar-refractivity contribution in [2.24, 2.45) is 0 Å². The van der Waals surface area contributed by atoms with Crippen LogP contribution >= 0.6 is 15.9 Å². The summed E-state index contributed by atoms with van der Waals surface area (Å²) in [5.41, 5.74) is 2.50. The first kappa shape index (κ1) is 14.6. The number of nitrogens with one attached hydrogen (secondary N) is 1. The molecule has 110 valence electrons. The maximum atomic E-state index is 6.22. The van der Waals surface area contributed by atoms with E-state index in [2.05, 4.69) is 64.6 Å². The lowest BCUT2D eigenvalue weighted by Crippen LogP contribution is -2.29. The molecule has 1 aliphatic heterocycles. The number of halogens is 1. The summed E-state index contributed by atoms with van der Waals surface area (Å²) in [4.78, 5) is 0. The lowest BCUT2D eigenvalue weighted by molar-refractivity contribution is 0.151. The summed E-state index contributed by atoms with van der Waals surface area (Å²) in [6.07, 6.45) is 2.22. The monoisotopic (exact) mass is 345 g/mol. The SMILES string of the molecule is CCCNC1CC(c2ccccc2)Oc2ccc(Br)cc21. The van der Waals surface area contributed by atoms with Crippen molar-refractivity contribution in [3.05, 3.63) is 64.1 Å². The smallest absolute Gasteiger partial charge is 0.126 e. The van der Waals surface area contributed by atoms with Crippen LogP contribution in [0.15, 0.2) is 53.0 Å². The van der Waals surface area contributed by atoms with Crippen LogP contribution in [0.5, 0.6) is 5.75 Å². The Hall–Kier alpha value is -1.32. The van der Waals surface area contributed by atoms with Crippen molar-refractivity contribution in [2.75, 3.05) is 6.54 Å². The summed E-state index contributed by atoms with van der Waals surface area (Å²) in [5.74, 6) is 0.993. The molecule has 2 unspecified atom stereocenters. The quantitative estimate of drug-likeness (QED) is 0.840. The van der Waals surface area contributed by atoms with Gasteiger partial charge in [0.25, 0.3) is 0 Å². The van der Waals surface area contributed by atoms with Crippen LogP contribution in [0.3, 0.4) is 0 Å². The highest BCUT2D eigenvalue weighted by Crippen LogP contribution is 2.41. The average molecular weight is 346 g/mol. The molecule has 2 aromatic rings.